The highest BCUT2D eigenvalue weighted by atomic mass is 32.2. The molecule has 1 saturated heterocycles. The Kier molecular flexibility index (Phi) is 6.67. The number of hydrogen-bond donors (Lipinski definition) is 2. The SMILES string of the molecule is Cc1ccc(NC(=O)N2CCC(NS(=O)(=O)C(C)(C)C)CC2)c(C)c1OCC1CC1. The highest BCUT2D eigenvalue weighted by Gasteiger charge is 2.33. The molecule has 0 unspecified atom stereocenters. The number of piperidine rings is 1. The minimum absolute atomic E-state index is 0.137. The second kappa shape index (κ2) is 8.75. The molecule has 7 nitrogen and oxygen atoms in total. The van der Waals surface area contributed by atoms with Gasteiger partial charge in [0.05, 0.1) is 11.4 Å². The smallest absolute Gasteiger partial charge is 0.321 e. The van der Waals surface area contributed by atoms with Crippen molar-refractivity contribution in [3.05, 3.63) is 23.3 Å². The highest BCUT2D eigenvalue weighted by molar-refractivity contribution is 7.90. The number of ether oxygens (including phenoxy) is 1. The lowest BCUT2D eigenvalue weighted by Gasteiger charge is -2.34. The molecule has 168 valence electrons. The van der Waals surface area contributed by atoms with Crippen molar-refractivity contribution in [3.63, 3.8) is 0 Å². The van der Waals surface area contributed by atoms with Crippen molar-refractivity contribution in [2.24, 2.45) is 5.92 Å². The predicted octanol–water partition coefficient (Wildman–Crippen LogP) is 3.81. The van der Waals surface area contributed by atoms with Gasteiger partial charge in [-0.15, -0.1) is 0 Å². The van der Waals surface area contributed by atoms with Crippen molar-refractivity contribution in [2.45, 2.75) is 71.1 Å². The molecule has 1 aromatic carbocycles. The average molecular weight is 438 g/mol. The lowest BCUT2D eigenvalue weighted by molar-refractivity contribution is 0.193. The number of urea groups is 1. The molecule has 2 N–H and O–H groups in total. The van der Waals surface area contributed by atoms with Crippen molar-refractivity contribution in [3.8, 4) is 5.75 Å². The number of benzene rings is 1. The first-order valence-electron chi connectivity index (χ1n) is 10.8. The molecule has 1 heterocycles. The van der Waals surface area contributed by atoms with E-state index in [1.54, 1.807) is 25.7 Å². The number of carbonyl (C=O) groups is 1. The Balaban J connectivity index is 1.56. The molecule has 2 fully saturated rings. The summed E-state index contributed by atoms with van der Waals surface area (Å²) in [5.74, 6) is 1.52. The predicted molar refractivity (Wildman–Crippen MR) is 120 cm³/mol. The molecule has 0 aromatic heterocycles. The number of amides is 2. The number of nitrogens with zero attached hydrogens (tertiary/aromatic N) is 1. The molecule has 8 heteroatoms. The van der Waals surface area contributed by atoms with Gasteiger partial charge in [-0.3, -0.25) is 0 Å². The van der Waals surface area contributed by atoms with Crippen LogP contribution in [-0.4, -0.2) is 49.8 Å². The molecule has 0 atom stereocenters. The van der Waals surface area contributed by atoms with Crippen LogP contribution >= 0.6 is 0 Å². The summed E-state index contributed by atoms with van der Waals surface area (Å²) >= 11 is 0. The van der Waals surface area contributed by atoms with Gasteiger partial charge in [-0.1, -0.05) is 6.07 Å². The second-order valence-electron chi connectivity index (χ2n) is 9.56. The van der Waals surface area contributed by atoms with Gasteiger partial charge in [0.15, 0.2) is 0 Å². The summed E-state index contributed by atoms with van der Waals surface area (Å²) in [6.45, 7) is 10.8. The molecule has 2 aliphatic rings. The maximum absolute atomic E-state index is 12.8. The summed E-state index contributed by atoms with van der Waals surface area (Å²) in [6, 6.07) is 3.59. The number of sulfonamides is 1. The fourth-order valence-corrected chi connectivity index (χ4v) is 4.49. The van der Waals surface area contributed by atoms with Gasteiger partial charge in [0, 0.05) is 30.4 Å². The fourth-order valence-electron chi connectivity index (χ4n) is 3.46. The van der Waals surface area contributed by atoms with E-state index in [1.165, 1.54) is 12.8 Å². The Morgan fingerprint density at radius 2 is 1.77 bits per heavy atom. The molecule has 0 radical (unpaired) electrons. The maximum atomic E-state index is 12.8. The summed E-state index contributed by atoms with van der Waals surface area (Å²) in [4.78, 5) is 14.5. The third kappa shape index (κ3) is 5.46. The van der Waals surface area contributed by atoms with Crippen LogP contribution in [0.15, 0.2) is 12.1 Å². The molecule has 1 aliphatic carbocycles. The molecule has 1 saturated carbocycles. The Morgan fingerprint density at radius 1 is 1.13 bits per heavy atom. The Labute approximate surface area is 180 Å². The number of carbonyl (C=O) groups excluding carboxylic acids is 1. The zero-order chi connectivity index (χ0) is 22.1. The van der Waals surface area contributed by atoms with E-state index < -0.39 is 14.8 Å². The largest absolute Gasteiger partial charge is 0.493 e. The summed E-state index contributed by atoms with van der Waals surface area (Å²) in [5.41, 5.74) is 2.77. The standard InChI is InChI=1S/C22H35N3O4S/c1-15-6-9-19(16(2)20(15)29-14-17-7-8-17)23-21(26)25-12-10-18(11-13-25)24-30(27,28)22(3,4)5/h6,9,17-18,24H,7-8,10-14H2,1-5H3,(H,23,26). The molecule has 2 amide bonds. The van der Waals surface area contributed by atoms with Crippen LogP contribution in [-0.2, 0) is 10.0 Å². The molecule has 3 rings (SSSR count). The summed E-state index contributed by atoms with van der Waals surface area (Å²) in [5, 5.41) is 3.01. The van der Waals surface area contributed by atoms with Crippen LogP contribution in [0.5, 0.6) is 5.75 Å². The quantitative estimate of drug-likeness (QED) is 0.708. The van der Waals surface area contributed by atoms with Crippen LogP contribution in [0.25, 0.3) is 0 Å². The van der Waals surface area contributed by atoms with E-state index in [-0.39, 0.29) is 12.1 Å². The van der Waals surface area contributed by atoms with Crippen molar-refractivity contribution in [1.82, 2.24) is 9.62 Å². The summed E-state index contributed by atoms with van der Waals surface area (Å²) < 4.78 is 32.7. The Hall–Kier alpha value is -1.80. The van der Waals surface area contributed by atoms with E-state index in [0.717, 1.165) is 29.2 Å². The molecule has 1 aromatic rings. The molecule has 1 aliphatic heterocycles. The van der Waals surface area contributed by atoms with E-state index in [2.05, 4.69) is 10.0 Å². The van der Waals surface area contributed by atoms with E-state index >= 15 is 0 Å². The number of aryl methyl sites for hydroxylation is 1. The number of rotatable bonds is 6. The first-order chi connectivity index (χ1) is 14.0. The van der Waals surface area contributed by atoms with Gasteiger partial charge in [-0.05, 0) is 77.8 Å². The van der Waals surface area contributed by atoms with Gasteiger partial charge in [0.2, 0.25) is 10.0 Å². The van der Waals surface area contributed by atoms with Gasteiger partial charge in [0.25, 0.3) is 0 Å². The zero-order valence-electron chi connectivity index (χ0n) is 18.7. The van der Waals surface area contributed by atoms with Gasteiger partial charge in [-0.25, -0.2) is 17.9 Å². The van der Waals surface area contributed by atoms with Crippen molar-refractivity contribution < 1.29 is 17.9 Å². The normalized spacial score (nSPS) is 18.4. The minimum Gasteiger partial charge on any atom is -0.493 e. The Morgan fingerprint density at radius 3 is 2.33 bits per heavy atom. The molecular weight excluding hydrogens is 402 g/mol. The molecule has 30 heavy (non-hydrogen) atoms. The monoisotopic (exact) mass is 437 g/mol. The maximum Gasteiger partial charge on any atom is 0.321 e. The average Bonchev–Trinajstić information content (AvgIpc) is 3.47. The first-order valence-corrected chi connectivity index (χ1v) is 12.3. The third-order valence-electron chi connectivity index (χ3n) is 5.91. The number of anilines is 1. The van der Waals surface area contributed by atoms with Gasteiger partial charge < -0.3 is 15.0 Å². The summed E-state index contributed by atoms with van der Waals surface area (Å²) in [7, 11) is -3.39. The van der Waals surface area contributed by atoms with E-state index in [0.29, 0.717) is 31.8 Å². The molecule has 0 spiro atoms. The molecule has 0 bridgehead atoms. The topological polar surface area (TPSA) is 87.7 Å². The van der Waals surface area contributed by atoms with Gasteiger partial charge in [0.1, 0.15) is 5.75 Å². The summed E-state index contributed by atoms with van der Waals surface area (Å²) in [6.07, 6.45) is 3.67. The number of nitrogens with one attached hydrogen (secondary N) is 2. The van der Waals surface area contributed by atoms with Gasteiger partial charge >= 0.3 is 6.03 Å². The van der Waals surface area contributed by atoms with Crippen molar-refractivity contribution in [2.75, 3.05) is 25.0 Å². The lowest BCUT2D eigenvalue weighted by atomic mass is 10.1. The van der Waals surface area contributed by atoms with Crippen LogP contribution in [0.1, 0.15) is 57.6 Å². The van der Waals surface area contributed by atoms with Crippen LogP contribution in [0.4, 0.5) is 10.5 Å². The third-order valence-corrected chi connectivity index (χ3v) is 8.17. The van der Waals surface area contributed by atoms with E-state index in [1.807, 2.05) is 26.0 Å². The van der Waals surface area contributed by atoms with Crippen LogP contribution in [0, 0.1) is 19.8 Å². The zero-order valence-corrected chi connectivity index (χ0v) is 19.6. The first kappa shape index (κ1) is 22.9. The van der Waals surface area contributed by atoms with E-state index in [4.69, 9.17) is 4.74 Å². The second-order valence-corrected chi connectivity index (χ2v) is 12.0. The highest BCUT2D eigenvalue weighted by Crippen LogP contribution is 2.34. The fraction of sp³-hybridized carbons (Fsp3) is 0.682. The van der Waals surface area contributed by atoms with Crippen LogP contribution in [0.3, 0.4) is 0 Å². The Bertz CT molecular complexity index is 880. The van der Waals surface area contributed by atoms with E-state index in [9.17, 15) is 13.2 Å². The van der Waals surface area contributed by atoms with Crippen molar-refractivity contribution >= 4 is 21.7 Å². The molecular formula is C22H35N3O4S. The van der Waals surface area contributed by atoms with Crippen LogP contribution < -0.4 is 14.8 Å². The number of hydrogen-bond acceptors (Lipinski definition) is 4. The van der Waals surface area contributed by atoms with Crippen LogP contribution in [0.2, 0.25) is 0 Å². The van der Waals surface area contributed by atoms with Crippen molar-refractivity contribution in [1.29, 1.82) is 0 Å². The lowest BCUT2D eigenvalue weighted by Crippen LogP contribution is -2.50. The number of likely N-dealkylation sites (tertiary alicyclic amines) is 1. The van der Waals surface area contributed by atoms with Gasteiger partial charge in [-0.2, -0.15) is 0 Å². The minimum atomic E-state index is -3.39.